The van der Waals surface area contributed by atoms with Gasteiger partial charge in [0.1, 0.15) is 11.6 Å². The average Bonchev–Trinajstić information content (AvgIpc) is 2.96. The van der Waals surface area contributed by atoms with Crippen LogP contribution in [0.4, 0.5) is 5.69 Å². The lowest BCUT2D eigenvalue weighted by Gasteiger charge is -2.07. The van der Waals surface area contributed by atoms with Crippen LogP contribution in [0, 0.1) is 0 Å². The molecule has 1 heterocycles. The Hall–Kier alpha value is -1.95. The van der Waals surface area contributed by atoms with Gasteiger partial charge in [-0.3, -0.25) is 5.10 Å². The third-order valence-corrected chi connectivity index (χ3v) is 4.15. The second kappa shape index (κ2) is 6.89. The van der Waals surface area contributed by atoms with E-state index in [9.17, 15) is 0 Å². The highest BCUT2D eigenvalue weighted by atomic mass is 35.5. The molecule has 0 bridgehead atoms. The van der Waals surface area contributed by atoms with Gasteiger partial charge in [0.2, 0.25) is 0 Å². The van der Waals surface area contributed by atoms with Gasteiger partial charge in [0, 0.05) is 22.5 Å². The van der Waals surface area contributed by atoms with E-state index in [-0.39, 0.29) is 0 Å². The molecule has 124 valence electrons. The van der Waals surface area contributed by atoms with Crippen LogP contribution in [0.2, 0.25) is 15.1 Å². The van der Waals surface area contributed by atoms with Crippen molar-refractivity contribution in [2.45, 2.75) is 6.42 Å². The Labute approximate surface area is 153 Å². The number of H-pyrrole nitrogens is 1. The first-order valence-corrected chi connectivity index (χ1v) is 8.09. The number of nitrogen functional groups attached to an aromatic ring is 1. The van der Waals surface area contributed by atoms with Gasteiger partial charge in [-0.05, 0) is 29.8 Å². The molecule has 0 fully saturated rings. The van der Waals surface area contributed by atoms with Crippen molar-refractivity contribution in [2.24, 2.45) is 0 Å². The number of hydrogen-bond donors (Lipinski definition) is 2. The summed E-state index contributed by atoms with van der Waals surface area (Å²) in [7, 11) is 1.55. The maximum atomic E-state index is 6.09. The summed E-state index contributed by atoms with van der Waals surface area (Å²) in [5.41, 5.74) is 7.81. The Morgan fingerprint density at radius 1 is 1.08 bits per heavy atom. The minimum atomic E-state index is 0.416. The van der Waals surface area contributed by atoms with Crippen LogP contribution >= 0.6 is 34.8 Å². The number of nitrogens with one attached hydrogen (secondary N) is 1. The molecule has 3 aromatic rings. The summed E-state index contributed by atoms with van der Waals surface area (Å²) in [5.74, 6) is 1.68. The van der Waals surface area contributed by atoms with Crippen LogP contribution in [0.1, 0.15) is 11.4 Å². The second-order valence-corrected chi connectivity index (χ2v) is 6.41. The van der Waals surface area contributed by atoms with Crippen LogP contribution < -0.4 is 10.5 Å². The smallest absolute Gasteiger partial charge is 0.184 e. The highest BCUT2D eigenvalue weighted by Gasteiger charge is 2.14. The maximum Gasteiger partial charge on any atom is 0.184 e. The highest BCUT2D eigenvalue weighted by Crippen LogP contribution is 2.34. The third kappa shape index (κ3) is 3.59. The Kier molecular flexibility index (Phi) is 4.85. The van der Waals surface area contributed by atoms with Crippen molar-refractivity contribution in [3.63, 3.8) is 0 Å². The molecular weight excluding hydrogens is 371 g/mol. The van der Waals surface area contributed by atoms with Gasteiger partial charge in [0.25, 0.3) is 0 Å². The molecule has 0 aliphatic heterocycles. The molecule has 0 radical (unpaired) electrons. The molecule has 0 amide bonds. The predicted molar refractivity (Wildman–Crippen MR) is 97.1 cm³/mol. The summed E-state index contributed by atoms with van der Waals surface area (Å²) in [4.78, 5) is 4.48. The quantitative estimate of drug-likeness (QED) is 0.645. The zero-order valence-corrected chi connectivity index (χ0v) is 14.9. The molecule has 0 spiro atoms. The molecule has 0 atom stereocenters. The number of methoxy groups -OCH3 is 1. The summed E-state index contributed by atoms with van der Waals surface area (Å²) in [6, 6.07) is 8.66. The van der Waals surface area contributed by atoms with Gasteiger partial charge in [-0.25, -0.2) is 4.98 Å². The third-order valence-electron chi connectivity index (χ3n) is 3.39. The number of anilines is 1. The molecule has 0 aliphatic rings. The highest BCUT2D eigenvalue weighted by molar-refractivity contribution is 6.34. The topological polar surface area (TPSA) is 76.8 Å². The first kappa shape index (κ1) is 16.9. The monoisotopic (exact) mass is 382 g/mol. The fourth-order valence-electron chi connectivity index (χ4n) is 2.31. The van der Waals surface area contributed by atoms with Crippen molar-refractivity contribution in [2.75, 3.05) is 12.8 Å². The SMILES string of the molecule is COc1cc(N)c(Cl)cc1-c1n[nH]c(Cc2cc(Cl)cc(Cl)c2)n1. The fraction of sp³-hybridized carbons (Fsp3) is 0.125. The number of halogens is 3. The van der Waals surface area contributed by atoms with Crippen molar-refractivity contribution in [1.82, 2.24) is 15.2 Å². The molecular formula is C16H13Cl3N4O. The van der Waals surface area contributed by atoms with Crippen LogP contribution in [-0.4, -0.2) is 22.3 Å². The lowest BCUT2D eigenvalue weighted by Crippen LogP contribution is -1.94. The Morgan fingerprint density at radius 2 is 1.79 bits per heavy atom. The molecule has 1 aromatic heterocycles. The van der Waals surface area contributed by atoms with Crippen LogP contribution in [0.3, 0.4) is 0 Å². The minimum absolute atomic E-state index is 0.416. The maximum absolute atomic E-state index is 6.09. The zero-order valence-electron chi connectivity index (χ0n) is 12.6. The number of hydrogen-bond acceptors (Lipinski definition) is 4. The van der Waals surface area contributed by atoms with Gasteiger partial charge in [-0.15, -0.1) is 0 Å². The molecule has 3 rings (SSSR count). The van der Waals surface area contributed by atoms with E-state index < -0.39 is 0 Å². The largest absolute Gasteiger partial charge is 0.496 e. The number of nitrogens with zero attached hydrogens (tertiary/aromatic N) is 2. The van der Waals surface area contributed by atoms with Crippen molar-refractivity contribution in [3.8, 4) is 17.1 Å². The predicted octanol–water partition coefficient (Wildman–Crippen LogP) is 4.61. The van der Waals surface area contributed by atoms with E-state index in [1.54, 1.807) is 25.3 Å². The van der Waals surface area contributed by atoms with Crippen LogP contribution in [0.5, 0.6) is 5.75 Å². The lowest BCUT2D eigenvalue weighted by molar-refractivity contribution is 0.416. The molecule has 0 saturated heterocycles. The fourth-order valence-corrected chi connectivity index (χ4v) is 3.05. The molecule has 0 aliphatic carbocycles. The number of ether oxygens (including phenoxy) is 1. The van der Waals surface area contributed by atoms with Crippen molar-refractivity contribution in [1.29, 1.82) is 0 Å². The molecule has 2 aromatic carbocycles. The van der Waals surface area contributed by atoms with E-state index in [0.717, 1.165) is 5.56 Å². The number of benzene rings is 2. The van der Waals surface area contributed by atoms with E-state index >= 15 is 0 Å². The van der Waals surface area contributed by atoms with Gasteiger partial charge in [0.05, 0.1) is 23.4 Å². The minimum Gasteiger partial charge on any atom is -0.496 e. The van der Waals surface area contributed by atoms with Gasteiger partial charge in [-0.2, -0.15) is 5.10 Å². The Morgan fingerprint density at radius 3 is 2.46 bits per heavy atom. The van der Waals surface area contributed by atoms with E-state index in [4.69, 9.17) is 45.3 Å². The average molecular weight is 384 g/mol. The molecule has 0 unspecified atom stereocenters. The molecule has 3 N–H and O–H groups in total. The van der Waals surface area contributed by atoms with Gasteiger partial charge in [0.15, 0.2) is 5.82 Å². The second-order valence-electron chi connectivity index (χ2n) is 5.13. The summed E-state index contributed by atoms with van der Waals surface area (Å²) < 4.78 is 5.33. The van der Waals surface area contributed by atoms with Crippen LogP contribution in [0.25, 0.3) is 11.4 Å². The van der Waals surface area contributed by atoms with E-state index in [1.807, 2.05) is 12.1 Å². The number of rotatable bonds is 4. The number of aromatic nitrogens is 3. The van der Waals surface area contributed by atoms with E-state index in [1.165, 1.54) is 0 Å². The Bertz CT molecular complexity index is 875. The van der Waals surface area contributed by atoms with Gasteiger partial charge in [-0.1, -0.05) is 34.8 Å². The molecule has 24 heavy (non-hydrogen) atoms. The molecule has 0 saturated carbocycles. The number of nitrogens with two attached hydrogens (primary N) is 1. The Balaban J connectivity index is 1.92. The van der Waals surface area contributed by atoms with Crippen molar-refractivity contribution >= 4 is 40.5 Å². The molecule has 8 heteroatoms. The summed E-state index contributed by atoms with van der Waals surface area (Å²) in [6.07, 6.45) is 0.512. The van der Waals surface area contributed by atoms with Crippen LogP contribution in [-0.2, 0) is 6.42 Å². The summed E-state index contributed by atoms with van der Waals surface area (Å²) in [6.45, 7) is 0. The van der Waals surface area contributed by atoms with E-state index in [0.29, 0.717) is 50.1 Å². The van der Waals surface area contributed by atoms with Gasteiger partial charge >= 0.3 is 0 Å². The number of aromatic amines is 1. The summed E-state index contributed by atoms with van der Waals surface area (Å²) >= 11 is 18.1. The standard InChI is InChI=1S/C16H13Cl3N4O/c1-24-14-7-13(20)12(19)6-11(14)16-21-15(22-23-16)4-8-2-9(17)5-10(18)3-8/h2-3,5-7H,4,20H2,1H3,(H,21,22,23). The molecule has 5 nitrogen and oxygen atoms in total. The summed E-state index contributed by atoms with van der Waals surface area (Å²) in [5, 5.41) is 8.69. The van der Waals surface area contributed by atoms with Gasteiger partial charge < -0.3 is 10.5 Å². The first-order chi connectivity index (χ1) is 11.5. The lowest BCUT2D eigenvalue weighted by atomic mass is 10.1. The van der Waals surface area contributed by atoms with Crippen molar-refractivity contribution in [3.05, 3.63) is 56.8 Å². The first-order valence-electron chi connectivity index (χ1n) is 6.96. The van der Waals surface area contributed by atoms with Crippen LogP contribution in [0.15, 0.2) is 30.3 Å². The normalized spacial score (nSPS) is 10.8. The van der Waals surface area contributed by atoms with Crippen molar-refractivity contribution < 1.29 is 4.74 Å². The zero-order chi connectivity index (χ0) is 17.3. The van der Waals surface area contributed by atoms with E-state index in [2.05, 4.69) is 15.2 Å².